The molecule has 0 saturated carbocycles. The zero-order chi connectivity index (χ0) is 10.3. The summed E-state index contributed by atoms with van der Waals surface area (Å²) in [6.45, 7) is 2.04. The standard InChI is InChI=1S/C9H17N5/c1-12(2)7-4-14(5-7)9-8(10)6-13(3)11-9/h6-7H,4-5,10H2,1-3H3. The molecule has 78 valence electrons. The zero-order valence-electron chi connectivity index (χ0n) is 8.94. The molecule has 2 N–H and O–H groups in total. The van der Waals surface area contributed by atoms with E-state index >= 15 is 0 Å². The highest BCUT2D eigenvalue weighted by molar-refractivity contribution is 5.63. The lowest BCUT2D eigenvalue weighted by molar-refractivity contribution is 0.246. The Balaban J connectivity index is 2.03. The Kier molecular flexibility index (Phi) is 2.11. The molecule has 0 atom stereocenters. The minimum atomic E-state index is 0.636. The maximum absolute atomic E-state index is 5.83. The summed E-state index contributed by atoms with van der Waals surface area (Å²) in [7, 11) is 6.09. The third-order valence-electron chi connectivity index (χ3n) is 2.73. The van der Waals surface area contributed by atoms with Gasteiger partial charge in [0.2, 0.25) is 0 Å². The molecule has 0 radical (unpaired) electrons. The van der Waals surface area contributed by atoms with Crippen molar-refractivity contribution in [3.8, 4) is 0 Å². The Morgan fingerprint density at radius 1 is 1.50 bits per heavy atom. The van der Waals surface area contributed by atoms with Crippen LogP contribution in [-0.4, -0.2) is 47.9 Å². The normalized spacial score (nSPS) is 17.6. The van der Waals surface area contributed by atoms with Crippen LogP contribution in [-0.2, 0) is 7.05 Å². The summed E-state index contributed by atoms with van der Waals surface area (Å²) in [5.41, 5.74) is 6.60. The van der Waals surface area contributed by atoms with Crippen molar-refractivity contribution >= 4 is 11.5 Å². The minimum Gasteiger partial charge on any atom is -0.394 e. The Hall–Kier alpha value is -1.23. The van der Waals surface area contributed by atoms with Crippen LogP contribution in [0.15, 0.2) is 6.20 Å². The molecule has 5 heteroatoms. The first-order chi connectivity index (χ1) is 6.58. The van der Waals surface area contributed by atoms with Gasteiger partial charge in [0, 0.05) is 32.4 Å². The number of hydrogen-bond donors (Lipinski definition) is 1. The quantitative estimate of drug-likeness (QED) is 0.707. The van der Waals surface area contributed by atoms with Gasteiger partial charge in [0.1, 0.15) is 0 Å². The molecule has 0 spiro atoms. The van der Waals surface area contributed by atoms with Crippen LogP contribution in [0.25, 0.3) is 0 Å². The van der Waals surface area contributed by atoms with E-state index in [9.17, 15) is 0 Å². The topological polar surface area (TPSA) is 50.3 Å². The molecule has 2 rings (SSSR count). The number of nitrogens with two attached hydrogens (primary N) is 1. The first-order valence-corrected chi connectivity index (χ1v) is 4.78. The molecule has 0 amide bonds. The van der Waals surface area contributed by atoms with E-state index in [-0.39, 0.29) is 0 Å². The lowest BCUT2D eigenvalue weighted by Gasteiger charge is -2.43. The number of aromatic nitrogens is 2. The van der Waals surface area contributed by atoms with Gasteiger partial charge in [0.05, 0.1) is 5.69 Å². The first kappa shape index (κ1) is 9.33. The highest BCUT2D eigenvalue weighted by Gasteiger charge is 2.30. The molecular weight excluding hydrogens is 178 g/mol. The molecule has 1 saturated heterocycles. The molecule has 1 fully saturated rings. The van der Waals surface area contributed by atoms with Gasteiger partial charge in [-0.2, -0.15) is 5.10 Å². The summed E-state index contributed by atoms with van der Waals surface area (Å²) >= 11 is 0. The third-order valence-corrected chi connectivity index (χ3v) is 2.73. The molecule has 0 bridgehead atoms. The molecule has 5 nitrogen and oxygen atoms in total. The van der Waals surface area contributed by atoms with Gasteiger partial charge in [-0.25, -0.2) is 0 Å². The predicted octanol–water partition coefficient (Wildman–Crippen LogP) is -0.247. The summed E-state index contributed by atoms with van der Waals surface area (Å²) < 4.78 is 1.76. The summed E-state index contributed by atoms with van der Waals surface area (Å²) in [6.07, 6.45) is 1.85. The largest absolute Gasteiger partial charge is 0.394 e. The Morgan fingerprint density at radius 3 is 2.57 bits per heavy atom. The van der Waals surface area contributed by atoms with Gasteiger partial charge in [0.15, 0.2) is 5.82 Å². The van der Waals surface area contributed by atoms with Gasteiger partial charge in [-0.1, -0.05) is 0 Å². The van der Waals surface area contributed by atoms with Crippen LogP contribution in [0.4, 0.5) is 11.5 Å². The van der Waals surface area contributed by atoms with Gasteiger partial charge in [-0.3, -0.25) is 4.68 Å². The number of rotatable bonds is 2. The average molecular weight is 195 g/mol. The maximum atomic E-state index is 5.83. The van der Waals surface area contributed by atoms with Gasteiger partial charge in [-0.05, 0) is 14.1 Å². The van der Waals surface area contributed by atoms with Gasteiger partial charge in [-0.15, -0.1) is 0 Å². The van der Waals surface area contributed by atoms with Crippen LogP contribution in [0.2, 0.25) is 0 Å². The second-order valence-corrected chi connectivity index (χ2v) is 4.10. The summed E-state index contributed by atoms with van der Waals surface area (Å²) in [5, 5.41) is 4.33. The second-order valence-electron chi connectivity index (χ2n) is 4.10. The van der Waals surface area contributed by atoms with Crippen molar-refractivity contribution in [3.05, 3.63) is 6.20 Å². The molecule has 0 unspecified atom stereocenters. The fraction of sp³-hybridized carbons (Fsp3) is 0.667. The van der Waals surface area contributed by atoms with E-state index < -0.39 is 0 Å². The summed E-state index contributed by atoms with van der Waals surface area (Å²) in [4.78, 5) is 4.44. The monoisotopic (exact) mass is 195 g/mol. The lowest BCUT2D eigenvalue weighted by atomic mass is 10.1. The van der Waals surface area contributed by atoms with Crippen molar-refractivity contribution in [3.63, 3.8) is 0 Å². The van der Waals surface area contributed by atoms with Crippen LogP contribution < -0.4 is 10.6 Å². The fourth-order valence-corrected chi connectivity index (χ4v) is 1.70. The van der Waals surface area contributed by atoms with Crippen LogP contribution in [0.3, 0.4) is 0 Å². The lowest BCUT2D eigenvalue weighted by Crippen LogP contribution is -2.57. The van der Waals surface area contributed by atoms with Gasteiger partial charge < -0.3 is 15.5 Å². The molecule has 2 heterocycles. The van der Waals surface area contributed by atoms with E-state index in [0.29, 0.717) is 6.04 Å². The van der Waals surface area contributed by atoms with Crippen molar-refractivity contribution in [1.29, 1.82) is 0 Å². The highest BCUT2D eigenvalue weighted by Crippen LogP contribution is 2.26. The van der Waals surface area contributed by atoms with E-state index in [1.807, 2.05) is 13.2 Å². The maximum Gasteiger partial charge on any atom is 0.173 e. The Labute approximate surface area is 84.1 Å². The fourth-order valence-electron chi connectivity index (χ4n) is 1.70. The van der Waals surface area contributed by atoms with E-state index in [4.69, 9.17) is 5.73 Å². The number of hydrogen-bond acceptors (Lipinski definition) is 4. The van der Waals surface area contributed by atoms with Gasteiger partial charge >= 0.3 is 0 Å². The number of aryl methyl sites for hydroxylation is 1. The van der Waals surface area contributed by atoms with Crippen LogP contribution in [0.5, 0.6) is 0 Å². The third kappa shape index (κ3) is 1.43. The second kappa shape index (κ2) is 3.16. The van der Waals surface area contributed by atoms with Crippen LogP contribution in [0.1, 0.15) is 0 Å². The Bertz CT molecular complexity index is 324. The summed E-state index contributed by atoms with van der Waals surface area (Å²) in [6, 6.07) is 0.636. The minimum absolute atomic E-state index is 0.636. The van der Waals surface area contributed by atoms with E-state index in [2.05, 4.69) is 29.0 Å². The van der Waals surface area contributed by atoms with E-state index in [1.165, 1.54) is 0 Å². The molecular formula is C9H17N5. The number of anilines is 2. The molecule has 1 aliphatic heterocycles. The number of likely N-dealkylation sites (N-methyl/N-ethyl adjacent to an activating group) is 1. The average Bonchev–Trinajstić information content (AvgIpc) is 2.26. The number of nitrogens with zero attached hydrogens (tertiary/aromatic N) is 4. The Morgan fingerprint density at radius 2 is 2.14 bits per heavy atom. The van der Waals surface area contributed by atoms with Crippen LogP contribution >= 0.6 is 0 Å². The molecule has 0 aromatic carbocycles. The van der Waals surface area contributed by atoms with Crippen molar-refractivity contribution in [2.45, 2.75) is 6.04 Å². The first-order valence-electron chi connectivity index (χ1n) is 4.78. The van der Waals surface area contributed by atoms with Crippen molar-refractivity contribution in [1.82, 2.24) is 14.7 Å². The zero-order valence-corrected chi connectivity index (χ0v) is 8.94. The van der Waals surface area contributed by atoms with E-state index in [0.717, 1.165) is 24.6 Å². The number of nitrogen functional groups attached to an aromatic ring is 1. The van der Waals surface area contributed by atoms with Crippen molar-refractivity contribution in [2.24, 2.45) is 7.05 Å². The van der Waals surface area contributed by atoms with Gasteiger partial charge in [0.25, 0.3) is 0 Å². The van der Waals surface area contributed by atoms with E-state index in [1.54, 1.807) is 4.68 Å². The highest BCUT2D eigenvalue weighted by atomic mass is 15.4. The molecule has 0 aliphatic carbocycles. The molecule has 1 aliphatic rings. The molecule has 14 heavy (non-hydrogen) atoms. The SMILES string of the molecule is CN(C)C1CN(c2nn(C)cc2N)C1. The smallest absolute Gasteiger partial charge is 0.173 e. The van der Waals surface area contributed by atoms with Crippen molar-refractivity contribution in [2.75, 3.05) is 37.8 Å². The molecule has 1 aromatic rings. The van der Waals surface area contributed by atoms with Crippen molar-refractivity contribution < 1.29 is 0 Å². The van der Waals surface area contributed by atoms with Crippen LogP contribution in [0, 0.1) is 0 Å². The summed E-state index contributed by atoms with van der Waals surface area (Å²) in [5.74, 6) is 0.922. The predicted molar refractivity (Wildman–Crippen MR) is 57.3 cm³/mol. The molecule has 1 aromatic heterocycles.